The molecule has 2 rings (SSSR count). The van der Waals surface area contributed by atoms with Crippen LogP contribution in [0.4, 0.5) is 4.39 Å². The number of aliphatic hydroxyl groups is 1. The first-order chi connectivity index (χ1) is 12.9. The SMILES string of the molecule is C[C@@H](C(=O)NCCO)N(Cc1ccc(F)cc1)C(=O)Cc1ccc(Cl)cc1. The molecule has 7 heteroatoms. The Morgan fingerprint density at radius 3 is 2.30 bits per heavy atom. The first-order valence-corrected chi connectivity index (χ1v) is 8.95. The smallest absolute Gasteiger partial charge is 0.242 e. The number of nitrogens with one attached hydrogen (secondary N) is 1. The van der Waals surface area contributed by atoms with Crippen LogP contribution in [-0.4, -0.2) is 41.0 Å². The maximum absolute atomic E-state index is 13.1. The van der Waals surface area contributed by atoms with E-state index in [1.165, 1.54) is 17.0 Å². The van der Waals surface area contributed by atoms with E-state index in [2.05, 4.69) is 5.32 Å². The molecule has 0 saturated carbocycles. The standard InChI is InChI=1S/C20H22ClFN2O3/c1-14(20(27)23-10-11-25)24(13-16-4-8-18(22)9-5-16)19(26)12-15-2-6-17(21)7-3-15/h2-9,14,25H,10-13H2,1H3,(H,23,27)/t14-/m0/s1. The zero-order valence-electron chi connectivity index (χ0n) is 15.0. The molecule has 0 heterocycles. The highest BCUT2D eigenvalue weighted by molar-refractivity contribution is 6.30. The molecule has 0 radical (unpaired) electrons. The van der Waals surface area contributed by atoms with Gasteiger partial charge in [0, 0.05) is 18.1 Å². The normalized spacial score (nSPS) is 11.7. The fourth-order valence-corrected chi connectivity index (χ4v) is 2.70. The van der Waals surface area contributed by atoms with Crippen molar-refractivity contribution in [2.75, 3.05) is 13.2 Å². The Bertz CT molecular complexity index is 766. The quantitative estimate of drug-likeness (QED) is 0.725. The van der Waals surface area contributed by atoms with Crippen molar-refractivity contribution in [1.82, 2.24) is 10.2 Å². The van der Waals surface area contributed by atoms with Crippen LogP contribution in [0.3, 0.4) is 0 Å². The average Bonchev–Trinajstić information content (AvgIpc) is 2.66. The largest absolute Gasteiger partial charge is 0.395 e. The van der Waals surface area contributed by atoms with E-state index in [4.69, 9.17) is 16.7 Å². The van der Waals surface area contributed by atoms with Gasteiger partial charge < -0.3 is 15.3 Å². The van der Waals surface area contributed by atoms with E-state index in [0.717, 1.165) is 5.56 Å². The topological polar surface area (TPSA) is 69.6 Å². The van der Waals surface area contributed by atoms with E-state index < -0.39 is 6.04 Å². The van der Waals surface area contributed by atoms with Gasteiger partial charge in [-0.2, -0.15) is 0 Å². The van der Waals surface area contributed by atoms with Crippen LogP contribution >= 0.6 is 11.6 Å². The summed E-state index contributed by atoms with van der Waals surface area (Å²) in [7, 11) is 0. The number of carbonyl (C=O) groups excluding carboxylic acids is 2. The molecule has 0 fully saturated rings. The molecular formula is C20H22ClFN2O3. The van der Waals surface area contributed by atoms with Crippen molar-refractivity contribution in [3.05, 3.63) is 70.5 Å². The minimum Gasteiger partial charge on any atom is -0.395 e. The fourth-order valence-electron chi connectivity index (χ4n) is 2.57. The molecule has 0 saturated heterocycles. The average molecular weight is 393 g/mol. The van der Waals surface area contributed by atoms with E-state index in [1.54, 1.807) is 43.3 Å². The second kappa shape index (κ2) is 10.0. The number of rotatable bonds is 8. The Kier molecular flexibility index (Phi) is 7.76. The molecule has 144 valence electrons. The van der Waals surface area contributed by atoms with Crippen molar-refractivity contribution in [3.63, 3.8) is 0 Å². The molecule has 2 N–H and O–H groups in total. The number of amides is 2. The number of hydrogen-bond acceptors (Lipinski definition) is 3. The highest BCUT2D eigenvalue weighted by atomic mass is 35.5. The highest BCUT2D eigenvalue weighted by Crippen LogP contribution is 2.15. The van der Waals surface area contributed by atoms with Gasteiger partial charge >= 0.3 is 0 Å². The van der Waals surface area contributed by atoms with Crippen molar-refractivity contribution >= 4 is 23.4 Å². The van der Waals surface area contributed by atoms with Crippen molar-refractivity contribution in [2.45, 2.75) is 25.9 Å². The van der Waals surface area contributed by atoms with Crippen LogP contribution in [0.5, 0.6) is 0 Å². The van der Waals surface area contributed by atoms with E-state index >= 15 is 0 Å². The molecule has 1 atom stereocenters. The lowest BCUT2D eigenvalue weighted by Gasteiger charge is -2.29. The van der Waals surface area contributed by atoms with Crippen LogP contribution < -0.4 is 5.32 Å². The van der Waals surface area contributed by atoms with Crippen LogP contribution in [0.2, 0.25) is 5.02 Å². The summed E-state index contributed by atoms with van der Waals surface area (Å²) in [6.45, 7) is 1.71. The molecule has 2 amide bonds. The van der Waals surface area contributed by atoms with Crippen LogP contribution in [0.15, 0.2) is 48.5 Å². The van der Waals surface area contributed by atoms with Gasteiger partial charge in [-0.1, -0.05) is 35.9 Å². The lowest BCUT2D eigenvalue weighted by Crippen LogP contribution is -2.48. The Balaban J connectivity index is 2.18. The van der Waals surface area contributed by atoms with Crippen LogP contribution in [0.25, 0.3) is 0 Å². The maximum Gasteiger partial charge on any atom is 0.242 e. The number of aliphatic hydroxyl groups excluding tert-OH is 1. The van der Waals surface area contributed by atoms with Gasteiger partial charge in [0.05, 0.1) is 13.0 Å². The van der Waals surface area contributed by atoms with Crippen molar-refractivity contribution in [1.29, 1.82) is 0 Å². The number of nitrogens with zero attached hydrogens (tertiary/aromatic N) is 1. The second-order valence-electron chi connectivity index (χ2n) is 6.14. The molecule has 5 nitrogen and oxygen atoms in total. The predicted molar refractivity (Wildman–Crippen MR) is 102 cm³/mol. The summed E-state index contributed by atoms with van der Waals surface area (Å²) in [6, 6.07) is 12.0. The van der Waals surface area contributed by atoms with Crippen molar-refractivity contribution in [3.8, 4) is 0 Å². The molecule has 2 aromatic carbocycles. The lowest BCUT2D eigenvalue weighted by atomic mass is 10.1. The number of benzene rings is 2. The van der Waals surface area contributed by atoms with E-state index in [0.29, 0.717) is 10.6 Å². The van der Waals surface area contributed by atoms with E-state index in [9.17, 15) is 14.0 Å². The highest BCUT2D eigenvalue weighted by Gasteiger charge is 2.26. The van der Waals surface area contributed by atoms with Gasteiger partial charge in [0.1, 0.15) is 11.9 Å². The van der Waals surface area contributed by atoms with Crippen LogP contribution in [0.1, 0.15) is 18.1 Å². The lowest BCUT2D eigenvalue weighted by molar-refractivity contribution is -0.140. The maximum atomic E-state index is 13.1. The first-order valence-electron chi connectivity index (χ1n) is 8.57. The predicted octanol–water partition coefficient (Wildman–Crippen LogP) is 2.55. The number of carbonyl (C=O) groups is 2. The molecule has 0 unspecified atom stereocenters. The zero-order chi connectivity index (χ0) is 19.8. The van der Waals surface area contributed by atoms with Crippen LogP contribution in [0, 0.1) is 5.82 Å². The van der Waals surface area contributed by atoms with E-state index in [-0.39, 0.29) is 43.7 Å². The van der Waals surface area contributed by atoms with Crippen LogP contribution in [-0.2, 0) is 22.6 Å². The Morgan fingerprint density at radius 2 is 1.70 bits per heavy atom. The summed E-state index contributed by atoms with van der Waals surface area (Å²) in [5.41, 5.74) is 1.49. The van der Waals surface area contributed by atoms with Crippen molar-refractivity contribution in [2.24, 2.45) is 0 Å². The minimum absolute atomic E-state index is 0.107. The molecule has 0 aromatic heterocycles. The molecule has 27 heavy (non-hydrogen) atoms. The molecule has 2 aromatic rings. The molecule has 0 spiro atoms. The third kappa shape index (κ3) is 6.34. The molecule has 0 aliphatic rings. The number of hydrogen-bond donors (Lipinski definition) is 2. The van der Waals surface area contributed by atoms with Gasteiger partial charge in [-0.15, -0.1) is 0 Å². The van der Waals surface area contributed by atoms with Gasteiger partial charge in [-0.05, 0) is 42.3 Å². The molecule has 0 bridgehead atoms. The molecular weight excluding hydrogens is 371 g/mol. The summed E-state index contributed by atoms with van der Waals surface area (Å²) in [5.74, 6) is -0.976. The van der Waals surface area contributed by atoms with Gasteiger partial charge in [0.25, 0.3) is 0 Å². The summed E-state index contributed by atoms with van der Waals surface area (Å²) in [4.78, 5) is 26.6. The third-order valence-electron chi connectivity index (χ3n) is 4.11. The summed E-state index contributed by atoms with van der Waals surface area (Å²) >= 11 is 5.87. The second-order valence-corrected chi connectivity index (χ2v) is 6.58. The van der Waals surface area contributed by atoms with E-state index in [1.807, 2.05) is 0 Å². The summed E-state index contributed by atoms with van der Waals surface area (Å²) < 4.78 is 13.1. The van der Waals surface area contributed by atoms with Crippen molar-refractivity contribution < 1.29 is 19.1 Å². The Labute approximate surface area is 162 Å². The third-order valence-corrected chi connectivity index (χ3v) is 4.37. The summed E-state index contributed by atoms with van der Waals surface area (Å²) in [6.07, 6.45) is 0.107. The fraction of sp³-hybridized carbons (Fsp3) is 0.300. The monoisotopic (exact) mass is 392 g/mol. The van der Waals surface area contributed by atoms with Gasteiger partial charge in [0.15, 0.2) is 0 Å². The zero-order valence-corrected chi connectivity index (χ0v) is 15.7. The van der Waals surface area contributed by atoms with Gasteiger partial charge in [0.2, 0.25) is 11.8 Å². The first kappa shape index (κ1) is 20.9. The van der Waals surface area contributed by atoms with Gasteiger partial charge in [-0.3, -0.25) is 9.59 Å². The minimum atomic E-state index is -0.749. The van der Waals surface area contributed by atoms with Gasteiger partial charge in [-0.25, -0.2) is 4.39 Å². The molecule has 0 aliphatic heterocycles. The summed E-state index contributed by atoms with van der Waals surface area (Å²) in [5, 5.41) is 12.0. The number of halogens is 2. The Morgan fingerprint density at radius 1 is 1.11 bits per heavy atom. The Hall–Kier alpha value is -2.44. The molecule has 0 aliphatic carbocycles.